The Kier molecular flexibility index (Phi) is 5.92. The fourth-order valence-electron chi connectivity index (χ4n) is 1.33. The lowest BCUT2D eigenvalue weighted by Crippen LogP contribution is -2.37. The summed E-state index contributed by atoms with van der Waals surface area (Å²) < 4.78 is 5.46. The Morgan fingerprint density at radius 2 is 2.22 bits per heavy atom. The van der Waals surface area contributed by atoms with Gasteiger partial charge in [0.2, 0.25) is 0 Å². The molecule has 0 fully saturated rings. The molecule has 100 valence electrons. The van der Waals surface area contributed by atoms with Gasteiger partial charge in [-0.2, -0.15) is 0 Å². The third kappa shape index (κ3) is 4.92. The molecule has 0 saturated heterocycles. The Labute approximate surface area is 113 Å². The van der Waals surface area contributed by atoms with Crippen molar-refractivity contribution in [2.75, 3.05) is 6.54 Å². The summed E-state index contributed by atoms with van der Waals surface area (Å²) >= 11 is 5.85. The molecule has 18 heavy (non-hydrogen) atoms. The fraction of sp³-hybridized carbons (Fsp3) is 0.538. The number of nitrogens with zero attached hydrogens (tertiary/aromatic N) is 1. The summed E-state index contributed by atoms with van der Waals surface area (Å²) in [6.45, 7) is 6.57. The summed E-state index contributed by atoms with van der Waals surface area (Å²) in [6, 6.07) is 3.40. The Morgan fingerprint density at radius 1 is 1.50 bits per heavy atom. The Hall–Kier alpha value is -1.29. The fourth-order valence-corrected chi connectivity index (χ4v) is 1.49. The number of nitrogens with one attached hydrogen (secondary N) is 1. The van der Waals surface area contributed by atoms with Crippen LogP contribution in [0.15, 0.2) is 18.3 Å². The van der Waals surface area contributed by atoms with Gasteiger partial charge in [0.15, 0.2) is 17.0 Å². The van der Waals surface area contributed by atoms with E-state index in [1.165, 1.54) is 0 Å². The predicted octanol–water partition coefficient (Wildman–Crippen LogP) is 2.66. The number of amides is 1. The molecule has 1 rings (SSSR count). The standard InChI is InChI=1S/C13H19ClN2O2/c1-9(2)6-8-16-13(17)10(3)18-11-5-4-7-15-12(11)14/h4-5,7,9-10H,6,8H2,1-3H3,(H,16,17). The molecule has 1 unspecified atom stereocenters. The molecule has 0 aliphatic carbocycles. The summed E-state index contributed by atoms with van der Waals surface area (Å²) in [4.78, 5) is 15.6. The van der Waals surface area contributed by atoms with E-state index >= 15 is 0 Å². The molecule has 5 heteroatoms. The molecule has 0 radical (unpaired) electrons. The van der Waals surface area contributed by atoms with Gasteiger partial charge in [-0.05, 0) is 31.4 Å². The smallest absolute Gasteiger partial charge is 0.260 e. The molecule has 1 aromatic heterocycles. The zero-order chi connectivity index (χ0) is 13.5. The van der Waals surface area contributed by atoms with Gasteiger partial charge in [-0.15, -0.1) is 0 Å². The van der Waals surface area contributed by atoms with Gasteiger partial charge in [-0.1, -0.05) is 25.4 Å². The van der Waals surface area contributed by atoms with Crippen LogP contribution in [-0.2, 0) is 4.79 Å². The Balaban J connectivity index is 2.43. The molecule has 0 saturated carbocycles. The van der Waals surface area contributed by atoms with E-state index in [0.717, 1.165) is 6.42 Å². The van der Waals surface area contributed by atoms with Crippen LogP contribution in [0.3, 0.4) is 0 Å². The van der Waals surface area contributed by atoms with E-state index in [9.17, 15) is 4.79 Å². The average molecular weight is 271 g/mol. The number of rotatable bonds is 6. The molecule has 4 nitrogen and oxygen atoms in total. The normalized spacial score (nSPS) is 12.3. The Morgan fingerprint density at radius 3 is 2.83 bits per heavy atom. The van der Waals surface area contributed by atoms with Crippen molar-refractivity contribution in [1.29, 1.82) is 0 Å². The Bertz CT molecular complexity index is 396. The second kappa shape index (κ2) is 7.21. The average Bonchev–Trinajstić information content (AvgIpc) is 2.31. The highest BCUT2D eigenvalue weighted by Crippen LogP contribution is 2.21. The van der Waals surface area contributed by atoms with Gasteiger partial charge < -0.3 is 10.1 Å². The molecule has 1 heterocycles. The third-order valence-corrected chi connectivity index (χ3v) is 2.70. The largest absolute Gasteiger partial charge is 0.478 e. The minimum absolute atomic E-state index is 0.143. The van der Waals surface area contributed by atoms with Crippen LogP contribution in [0.1, 0.15) is 27.2 Å². The zero-order valence-electron chi connectivity index (χ0n) is 10.9. The molecule has 0 spiro atoms. The van der Waals surface area contributed by atoms with Crippen LogP contribution in [0.4, 0.5) is 0 Å². The van der Waals surface area contributed by atoms with E-state index in [2.05, 4.69) is 24.1 Å². The van der Waals surface area contributed by atoms with E-state index in [1.807, 2.05) is 0 Å². The van der Waals surface area contributed by atoms with E-state index < -0.39 is 6.10 Å². The number of hydrogen-bond acceptors (Lipinski definition) is 3. The molecule has 1 N–H and O–H groups in total. The lowest BCUT2D eigenvalue weighted by atomic mass is 10.1. The minimum Gasteiger partial charge on any atom is -0.478 e. The first-order chi connectivity index (χ1) is 8.50. The number of carbonyl (C=O) groups is 1. The van der Waals surface area contributed by atoms with Crippen LogP contribution in [0.5, 0.6) is 5.75 Å². The number of pyridine rings is 1. The second-order valence-corrected chi connectivity index (χ2v) is 4.88. The summed E-state index contributed by atoms with van der Waals surface area (Å²) in [6.07, 6.45) is 1.94. The summed E-state index contributed by atoms with van der Waals surface area (Å²) in [5.41, 5.74) is 0. The maximum Gasteiger partial charge on any atom is 0.260 e. The van der Waals surface area contributed by atoms with Crippen molar-refractivity contribution in [3.8, 4) is 5.75 Å². The summed E-state index contributed by atoms with van der Waals surface area (Å²) in [5.74, 6) is 0.843. The van der Waals surface area contributed by atoms with Gasteiger partial charge in [0.1, 0.15) is 0 Å². The first-order valence-electron chi connectivity index (χ1n) is 6.05. The molecular formula is C13H19ClN2O2. The number of aromatic nitrogens is 1. The third-order valence-electron chi connectivity index (χ3n) is 2.42. The van der Waals surface area contributed by atoms with Crippen molar-refractivity contribution >= 4 is 17.5 Å². The maximum absolute atomic E-state index is 11.7. The van der Waals surface area contributed by atoms with Crippen LogP contribution in [0.2, 0.25) is 5.15 Å². The monoisotopic (exact) mass is 270 g/mol. The highest BCUT2D eigenvalue weighted by Gasteiger charge is 2.15. The summed E-state index contributed by atoms with van der Waals surface area (Å²) in [7, 11) is 0. The van der Waals surface area contributed by atoms with Gasteiger partial charge >= 0.3 is 0 Å². The molecule has 1 aromatic rings. The topological polar surface area (TPSA) is 51.2 Å². The van der Waals surface area contributed by atoms with Crippen molar-refractivity contribution < 1.29 is 9.53 Å². The van der Waals surface area contributed by atoms with Crippen LogP contribution in [-0.4, -0.2) is 23.5 Å². The predicted molar refractivity (Wildman–Crippen MR) is 71.8 cm³/mol. The second-order valence-electron chi connectivity index (χ2n) is 4.53. The van der Waals surface area contributed by atoms with Crippen molar-refractivity contribution in [2.45, 2.75) is 33.3 Å². The first-order valence-corrected chi connectivity index (χ1v) is 6.43. The van der Waals surface area contributed by atoms with Crippen LogP contribution < -0.4 is 10.1 Å². The van der Waals surface area contributed by atoms with Gasteiger partial charge in [-0.3, -0.25) is 4.79 Å². The van der Waals surface area contributed by atoms with Gasteiger partial charge in [-0.25, -0.2) is 4.98 Å². The van der Waals surface area contributed by atoms with Crippen molar-refractivity contribution in [1.82, 2.24) is 10.3 Å². The van der Waals surface area contributed by atoms with E-state index in [1.54, 1.807) is 25.3 Å². The highest BCUT2D eigenvalue weighted by atomic mass is 35.5. The molecule has 0 aliphatic heterocycles. The number of halogens is 1. The van der Waals surface area contributed by atoms with Crippen molar-refractivity contribution in [3.05, 3.63) is 23.5 Å². The molecular weight excluding hydrogens is 252 g/mol. The highest BCUT2D eigenvalue weighted by molar-refractivity contribution is 6.30. The minimum atomic E-state index is -0.584. The molecule has 1 atom stereocenters. The lowest BCUT2D eigenvalue weighted by Gasteiger charge is -2.15. The van der Waals surface area contributed by atoms with Gasteiger partial charge in [0, 0.05) is 12.7 Å². The SMILES string of the molecule is CC(C)CCNC(=O)C(C)Oc1cccnc1Cl. The van der Waals surface area contributed by atoms with E-state index in [-0.39, 0.29) is 11.1 Å². The van der Waals surface area contributed by atoms with Crippen LogP contribution in [0.25, 0.3) is 0 Å². The van der Waals surface area contributed by atoms with Crippen LogP contribution >= 0.6 is 11.6 Å². The molecule has 1 amide bonds. The van der Waals surface area contributed by atoms with Gasteiger partial charge in [0.05, 0.1) is 0 Å². The quantitative estimate of drug-likeness (QED) is 0.809. The molecule has 0 bridgehead atoms. The maximum atomic E-state index is 11.7. The zero-order valence-corrected chi connectivity index (χ0v) is 11.7. The van der Waals surface area contributed by atoms with E-state index in [4.69, 9.17) is 16.3 Å². The van der Waals surface area contributed by atoms with Gasteiger partial charge in [0.25, 0.3) is 5.91 Å². The lowest BCUT2D eigenvalue weighted by molar-refractivity contribution is -0.127. The summed E-state index contributed by atoms with van der Waals surface area (Å²) in [5, 5.41) is 3.09. The van der Waals surface area contributed by atoms with Crippen molar-refractivity contribution in [2.24, 2.45) is 5.92 Å². The van der Waals surface area contributed by atoms with E-state index in [0.29, 0.717) is 18.2 Å². The first kappa shape index (κ1) is 14.8. The number of hydrogen-bond donors (Lipinski definition) is 1. The number of carbonyl (C=O) groups excluding carboxylic acids is 1. The molecule has 0 aliphatic rings. The van der Waals surface area contributed by atoms with Crippen molar-refractivity contribution in [3.63, 3.8) is 0 Å². The van der Waals surface area contributed by atoms with Crippen LogP contribution in [0, 0.1) is 5.92 Å². The molecule has 0 aromatic carbocycles. The number of ether oxygens (including phenoxy) is 1.